The van der Waals surface area contributed by atoms with Crippen LogP contribution in [-0.2, 0) is 6.61 Å². The summed E-state index contributed by atoms with van der Waals surface area (Å²) >= 11 is 5.99. The predicted octanol–water partition coefficient (Wildman–Crippen LogP) is 4.06. The first kappa shape index (κ1) is 16.1. The maximum atomic E-state index is 9.35. The fraction of sp³-hybridized carbons (Fsp3) is 0.150. The maximum absolute atomic E-state index is 9.35. The van der Waals surface area contributed by atoms with Crippen LogP contribution in [0.15, 0.2) is 71.5 Å². The Morgan fingerprint density at radius 3 is 2.76 bits per heavy atom. The van der Waals surface area contributed by atoms with Gasteiger partial charge < -0.3 is 5.11 Å². The van der Waals surface area contributed by atoms with Gasteiger partial charge in [0.2, 0.25) is 6.67 Å². The van der Waals surface area contributed by atoms with Crippen LogP contribution in [-0.4, -0.2) is 17.6 Å². The number of rotatable bonds is 3. The zero-order valence-electron chi connectivity index (χ0n) is 13.9. The summed E-state index contributed by atoms with van der Waals surface area (Å²) < 4.78 is 0. The smallest absolute Gasteiger partial charge is 0.285 e. The lowest BCUT2D eigenvalue weighted by Gasteiger charge is -2.24. The zero-order valence-corrected chi connectivity index (χ0v) is 14.6. The van der Waals surface area contributed by atoms with Crippen LogP contribution in [0.1, 0.15) is 18.1 Å². The lowest BCUT2D eigenvalue weighted by molar-refractivity contribution is 0.282. The number of aliphatic hydroxyl groups excluding tert-OH is 1. The van der Waals surface area contributed by atoms with Gasteiger partial charge in [-0.05, 0) is 29.8 Å². The van der Waals surface area contributed by atoms with Crippen LogP contribution < -0.4 is 9.80 Å². The summed E-state index contributed by atoms with van der Waals surface area (Å²) in [4.78, 5) is 9.11. The molecule has 0 aromatic heterocycles. The van der Waals surface area contributed by atoms with Gasteiger partial charge >= 0.3 is 0 Å². The third-order valence-electron chi connectivity index (χ3n) is 4.49. The number of nitrogens with zero attached hydrogens (tertiary/aromatic N) is 3. The standard InChI is InChI=1S/C20H18ClN3O/c1-14-20(16-5-7-17(21)8-6-16)22-19-9-10-23(13-24(14)19)18-4-2-3-15(11-18)12-25/h2-11,25H,12-13H2,1H3/q+1. The first-order valence-electron chi connectivity index (χ1n) is 8.13. The predicted molar refractivity (Wildman–Crippen MR) is 102 cm³/mol. The van der Waals surface area contributed by atoms with Gasteiger partial charge in [0.25, 0.3) is 5.84 Å². The maximum Gasteiger partial charge on any atom is 0.285 e. The van der Waals surface area contributed by atoms with Crippen molar-refractivity contribution in [1.82, 2.24) is 4.90 Å². The van der Waals surface area contributed by atoms with Crippen molar-refractivity contribution in [1.29, 1.82) is 0 Å². The van der Waals surface area contributed by atoms with E-state index in [-0.39, 0.29) is 6.61 Å². The van der Waals surface area contributed by atoms with Gasteiger partial charge in [-0.15, -0.1) is 0 Å². The van der Waals surface area contributed by atoms with Crippen LogP contribution in [0.3, 0.4) is 0 Å². The molecule has 2 aliphatic heterocycles. The molecule has 2 heterocycles. The molecule has 0 amide bonds. The molecule has 2 aromatic carbocycles. The van der Waals surface area contributed by atoms with E-state index < -0.39 is 0 Å². The van der Waals surface area contributed by atoms with E-state index >= 15 is 0 Å². The van der Waals surface area contributed by atoms with Gasteiger partial charge in [0.05, 0.1) is 6.61 Å². The molecular weight excluding hydrogens is 334 g/mol. The van der Waals surface area contributed by atoms with Crippen molar-refractivity contribution in [2.45, 2.75) is 13.5 Å². The highest BCUT2D eigenvalue weighted by Gasteiger charge is 2.38. The van der Waals surface area contributed by atoms with Crippen LogP contribution in [0.4, 0.5) is 5.69 Å². The summed E-state index contributed by atoms with van der Waals surface area (Å²) in [6.07, 6.45) is 4.05. The number of anilines is 1. The summed E-state index contributed by atoms with van der Waals surface area (Å²) in [7, 11) is 0. The number of amidine groups is 1. The van der Waals surface area contributed by atoms with E-state index in [1.165, 1.54) is 0 Å². The second-order valence-corrected chi connectivity index (χ2v) is 6.53. The van der Waals surface area contributed by atoms with Gasteiger partial charge in [-0.1, -0.05) is 40.8 Å². The minimum atomic E-state index is 0.0431. The highest BCUT2D eigenvalue weighted by atomic mass is 35.5. The number of halogens is 1. The minimum Gasteiger partial charge on any atom is -0.392 e. The van der Waals surface area contributed by atoms with Crippen molar-refractivity contribution in [3.8, 4) is 0 Å². The molecule has 0 unspecified atom stereocenters. The first-order valence-corrected chi connectivity index (χ1v) is 8.51. The fourth-order valence-electron chi connectivity index (χ4n) is 3.10. The SMILES string of the molecule is CC1=C(c2ccc(Cl)cc2)N=C2C=CN(c3cccc(CO)c3)C[N+]21. The third-order valence-corrected chi connectivity index (χ3v) is 4.74. The molecule has 2 aromatic rings. The summed E-state index contributed by atoms with van der Waals surface area (Å²) in [5, 5.41) is 10.1. The molecule has 2 aliphatic rings. The average molecular weight is 352 g/mol. The number of aliphatic imine (C=N–C) groups is 1. The van der Waals surface area contributed by atoms with Crippen molar-refractivity contribution in [3.63, 3.8) is 0 Å². The van der Waals surface area contributed by atoms with E-state index in [2.05, 4.69) is 16.7 Å². The summed E-state index contributed by atoms with van der Waals surface area (Å²) in [5.41, 5.74) is 5.11. The van der Waals surface area contributed by atoms with Gasteiger partial charge in [-0.3, -0.25) is 4.90 Å². The van der Waals surface area contributed by atoms with Crippen LogP contribution in [0.5, 0.6) is 0 Å². The Morgan fingerprint density at radius 2 is 2.00 bits per heavy atom. The number of aliphatic hydroxyl groups is 1. The Hall–Kier alpha value is -2.40. The Morgan fingerprint density at radius 1 is 1.20 bits per heavy atom. The molecule has 0 atom stereocenters. The van der Waals surface area contributed by atoms with Crippen LogP contribution >= 0.6 is 11.6 Å². The molecule has 125 valence electrons. The molecular formula is C20H18ClN3O+. The first-order chi connectivity index (χ1) is 12.2. The van der Waals surface area contributed by atoms with Crippen molar-refractivity contribution in [2.75, 3.05) is 11.6 Å². The van der Waals surface area contributed by atoms with Crippen molar-refractivity contribution >= 4 is 28.8 Å². The molecule has 1 radical (unpaired) electrons. The Kier molecular flexibility index (Phi) is 4.17. The van der Waals surface area contributed by atoms with E-state index in [9.17, 15) is 5.11 Å². The quantitative estimate of drug-likeness (QED) is 0.847. The summed E-state index contributed by atoms with van der Waals surface area (Å²) in [6.45, 7) is 2.82. The molecule has 1 N–H and O–H groups in total. The molecule has 0 saturated heterocycles. The van der Waals surface area contributed by atoms with E-state index in [1.54, 1.807) is 0 Å². The number of allylic oxidation sites excluding steroid dienone is 1. The molecule has 25 heavy (non-hydrogen) atoms. The molecule has 0 saturated carbocycles. The monoisotopic (exact) mass is 351 g/mol. The van der Waals surface area contributed by atoms with Crippen LogP contribution in [0, 0.1) is 0 Å². The minimum absolute atomic E-state index is 0.0431. The lowest BCUT2D eigenvalue weighted by Crippen LogP contribution is -2.44. The Balaban J connectivity index is 1.64. The molecule has 4 nitrogen and oxygen atoms in total. The zero-order chi connectivity index (χ0) is 17.4. The second kappa shape index (κ2) is 6.48. The normalized spacial score (nSPS) is 17.1. The molecule has 4 rings (SSSR count). The number of benzene rings is 2. The molecule has 0 bridgehead atoms. The van der Waals surface area contributed by atoms with Gasteiger partial charge in [0.1, 0.15) is 5.70 Å². The summed E-state index contributed by atoms with van der Waals surface area (Å²) in [5.74, 6) is 0.942. The highest BCUT2D eigenvalue weighted by Crippen LogP contribution is 2.31. The molecule has 0 spiro atoms. The van der Waals surface area contributed by atoms with Crippen molar-refractivity contribution in [3.05, 3.63) is 82.7 Å². The Labute approximate surface area is 152 Å². The number of hydrogen-bond acceptors (Lipinski definition) is 4. The van der Waals surface area contributed by atoms with Gasteiger partial charge in [0.15, 0.2) is 5.70 Å². The molecule has 5 heteroatoms. The van der Waals surface area contributed by atoms with Gasteiger partial charge in [0, 0.05) is 35.5 Å². The average Bonchev–Trinajstić information content (AvgIpc) is 2.98. The highest BCUT2D eigenvalue weighted by molar-refractivity contribution is 6.30. The Bertz CT molecular complexity index is 899. The second-order valence-electron chi connectivity index (χ2n) is 6.09. The molecule has 0 aliphatic carbocycles. The van der Waals surface area contributed by atoms with Crippen LogP contribution in [0.2, 0.25) is 5.02 Å². The van der Waals surface area contributed by atoms with E-state index in [1.807, 2.05) is 60.8 Å². The number of hydrogen-bond donors (Lipinski definition) is 1. The largest absolute Gasteiger partial charge is 0.392 e. The third kappa shape index (κ3) is 3.00. The summed E-state index contributed by atoms with van der Waals surface area (Å²) in [6, 6.07) is 15.7. The van der Waals surface area contributed by atoms with E-state index in [4.69, 9.17) is 16.6 Å². The van der Waals surface area contributed by atoms with E-state index in [0.717, 1.165) is 39.1 Å². The van der Waals surface area contributed by atoms with Gasteiger partial charge in [-0.25, -0.2) is 0 Å². The van der Waals surface area contributed by atoms with Crippen molar-refractivity contribution in [2.24, 2.45) is 4.99 Å². The topological polar surface area (TPSA) is 41.7 Å². The van der Waals surface area contributed by atoms with Gasteiger partial charge in [-0.2, -0.15) is 4.99 Å². The molecule has 0 fully saturated rings. The fourth-order valence-corrected chi connectivity index (χ4v) is 3.23. The van der Waals surface area contributed by atoms with Crippen molar-refractivity contribution < 1.29 is 5.11 Å². The van der Waals surface area contributed by atoms with Crippen LogP contribution in [0.25, 0.3) is 5.70 Å². The number of fused-ring (bicyclic) bond motifs is 1. The van der Waals surface area contributed by atoms with E-state index in [0.29, 0.717) is 6.67 Å². The lowest BCUT2D eigenvalue weighted by atomic mass is 10.1.